The van der Waals surface area contributed by atoms with Gasteiger partial charge in [0.05, 0.1) is 4.88 Å². The Bertz CT molecular complexity index is 828. The number of anilines is 1. The molecule has 3 aromatic rings. The van der Waals surface area contributed by atoms with E-state index in [0.717, 1.165) is 34.9 Å². The minimum atomic E-state index is -0.0911. The van der Waals surface area contributed by atoms with Crippen LogP contribution in [0.2, 0.25) is 0 Å². The van der Waals surface area contributed by atoms with Crippen LogP contribution in [0.5, 0.6) is 0 Å². The molecule has 4 nitrogen and oxygen atoms in total. The third-order valence-electron chi connectivity index (χ3n) is 4.72. The van der Waals surface area contributed by atoms with E-state index in [1.54, 1.807) is 11.3 Å². The molecule has 0 radical (unpaired) electrons. The zero-order chi connectivity index (χ0) is 14.6. The van der Waals surface area contributed by atoms with Crippen molar-refractivity contribution in [3.05, 3.63) is 41.8 Å². The van der Waals surface area contributed by atoms with Crippen LogP contribution >= 0.6 is 11.3 Å². The number of thiophene rings is 1. The summed E-state index contributed by atoms with van der Waals surface area (Å²) in [6.07, 6.45) is 4.70. The number of nitrogens with one attached hydrogen (secondary N) is 1. The topological polar surface area (TPSA) is 42.7 Å². The van der Waals surface area contributed by atoms with E-state index in [2.05, 4.69) is 51.8 Å². The number of rotatable bonds is 1. The van der Waals surface area contributed by atoms with Gasteiger partial charge in [-0.15, -0.1) is 16.4 Å². The van der Waals surface area contributed by atoms with Crippen molar-refractivity contribution in [3.8, 4) is 22.1 Å². The summed E-state index contributed by atoms with van der Waals surface area (Å²) in [5.74, 6) is 1.84. The Morgan fingerprint density at radius 3 is 2.77 bits per heavy atom. The van der Waals surface area contributed by atoms with E-state index in [4.69, 9.17) is 10.1 Å². The maximum atomic E-state index is 4.88. The average Bonchev–Trinajstić information content (AvgIpc) is 3.28. The van der Waals surface area contributed by atoms with Gasteiger partial charge >= 0.3 is 0 Å². The minimum absolute atomic E-state index is 0.0911. The molecule has 1 aliphatic carbocycles. The summed E-state index contributed by atoms with van der Waals surface area (Å²) in [5, 5.41) is 10.7. The summed E-state index contributed by atoms with van der Waals surface area (Å²) < 4.78 is 2.15. The van der Waals surface area contributed by atoms with Crippen molar-refractivity contribution >= 4 is 17.0 Å². The maximum absolute atomic E-state index is 4.88. The Morgan fingerprint density at radius 1 is 1.09 bits per heavy atom. The van der Waals surface area contributed by atoms with Crippen LogP contribution in [0.1, 0.15) is 25.7 Å². The highest BCUT2D eigenvalue weighted by Crippen LogP contribution is 2.45. The fraction of sp³-hybridized carbons (Fsp3) is 0.294. The van der Waals surface area contributed by atoms with Crippen LogP contribution in [-0.4, -0.2) is 14.8 Å². The number of hydrogen-bond donors (Lipinski definition) is 1. The lowest BCUT2D eigenvalue weighted by atomic mass is 10.0. The van der Waals surface area contributed by atoms with E-state index in [1.807, 2.05) is 0 Å². The summed E-state index contributed by atoms with van der Waals surface area (Å²) in [6.45, 7) is 0. The van der Waals surface area contributed by atoms with Crippen LogP contribution < -0.4 is 5.32 Å². The molecule has 110 valence electrons. The van der Waals surface area contributed by atoms with E-state index in [-0.39, 0.29) is 5.66 Å². The molecule has 2 aliphatic rings. The van der Waals surface area contributed by atoms with Crippen LogP contribution in [-0.2, 0) is 5.66 Å². The molecule has 5 heteroatoms. The lowest BCUT2D eigenvalue weighted by Gasteiger charge is -2.37. The van der Waals surface area contributed by atoms with Gasteiger partial charge in [0.15, 0.2) is 11.6 Å². The molecule has 0 saturated heterocycles. The molecule has 1 aliphatic heterocycles. The van der Waals surface area contributed by atoms with E-state index < -0.39 is 0 Å². The molecule has 0 atom stereocenters. The first-order valence-electron chi connectivity index (χ1n) is 7.75. The number of benzene rings is 1. The monoisotopic (exact) mass is 308 g/mol. The van der Waals surface area contributed by atoms with Crippen LogP contribution in [0.15, 0.2) is 41.8 Å². The highest BCUT2D eigenvalue weighted by Gasteiger charge is 2.42. The SMILES string of the molecule is c1csc(-c2nc3n(n2)C2(CCCC2)Nc2ccccc2-3)c1. The Morgan fingerprint density at radius 2 is 1.95 bits per heavy atom. The zero-order valence-electron chi connectivity index (χ0n) is 12.1. The lowest BCUT2D eigenvalue weighted by molar-refractivity contribution is 0.309. The second-order valence-corrected chi connectivity index (χ2v) is 7.01. The van der Waals surface area contributed by atoms with Crippen molar-refractivity contribution in [2.24, 2.45) is 0 Å². The second-order valence-electron chi connectivity index (χ2n) is 6.06. The average molecular weight is 308 g/mol. The van der Waals surface area contributed by atoms with E-state index >= 15 is 0 Å². The summed E-state index contributed by atoms with van der Waals surface area (Å²) in [7, 11) is 0. The highest BCUT2D eigenvalue weighted by atomic mass is 32.1. The number of para-hydroxylation sites is 1. The predicted octanol–water partition coefficient (Wildman–Crippen LogP) is 4.33. The molecule has 2 aromatic heterocycles. The second kappa shape index (κ2) is 4.43. The van der Waals surface area contributed by atoms with Crippen molar-refractivity contribution in [3.63, 3.8) is 0 Å². The third-order valence-corrected chi connectivity index (χ3v) is 5.59. The van der Waals surface area contributed by atoms with Gasteiger partial charge in [-0.1, -0.05) is 18.2 Å². The molecule has 22 heavy (non-hydrogen) atoms. The molecule has 1 fully saturated rings. The van der Waals surface area contributed by atoms with Crippen LogP contribution in [0.3, 0.4) is 0 Å². The van der Waals surface area contributed by atoms with E-state index in [1.165, 1.54) is 18.5 Å². The Hall–Kier alpha value is -2.14. The fourth-order valence-electron chi connectivity index (χ4n) is 3.68. The Balaban J connectivity index is 1.76. The van der Waals surface area contributed by atoms with Gasteiger partial charge in [-0.2, -0.15) is 0 Å². The van der Waals surface area contributed by atoms with Crippen LogP contribution in [0, 0.1) is 0 Å². The first-order valence-corrected chi connectivity index (χ1v) is 8.63. The number of aromatic nitrogens is 3. The minimum Gasteiger partial charge on any atom is -0.361 e. The van der Waals surface area contributed by atoms with Gasteiger partial charge in [0.2, 0.25) is 0 Å². The lowest BCUT2D eigenvalue weighted by Crippen LogP contribution is -2.42. The predicted molar refractivity (Wildman–Crippen MR) is 88.8 cm³/mol. The van der Waals surface area contributed by atoms with Gasteiger partial charge in [-0.05, 0) is 49.3 Å². The molecule has 0 bridgehead atoms. The molecule has 1 spiro atoms. The van der Waals surface area contributed by atoms with Gasteiger partial charge in [0, 0.05) is 11.3 Å². The number of fused-ring (bicyclic) bond motifs is 4. The molecular weight excluding hydrogens is 292 g/mol. The molecular formula is C17H16N4S. The summed E-state index contributed by atoms with van der Waals surface area (Å²) in [6, 6.07) is 12.6. The smallest absolute Gasteiger partial charge is 0.191 e. The van der Waals surface area contributed by atoms with Crippen molar-refractivity contribution in [2.75, 3.05) is 5.32 Å². The van der Waals surface area contributed by atoms with Crippen molar-refractivity contribution in [2.45, 2.75) is 31.3 Å². The molecule has 1 saturated carbocycles. The van der Waals surface area contributed by atoms with Crippen molar-refractivity contribution < 1.29 is 0 Å². The number of nitrogens with zero attached hydrogens (tertiary/aromatic N) is 3. The summed E-state index contributed by atoms with van der Waals surface area (Å²) in [4.78, 5) is 6.01. The van der Waals surface area contributed by atoms with Gasteiger partial charge in [-0.3, -0.25) is 0 Å². The van der Waals surface area contributed by atoms with E-state index in [0.29, 0.717) is 0 Å². The Kier molecular flexibility index (Phi) is 2.50. The van der Waals surface area contributed by atoms with Crippen molar-refractivity contribution in [1.82, 2.24) is 14.8 Å². The molecule has 0 amide bonds. The standard InChI is InChI=1S/C17H16N4S/c1-2-7-13-12(6-1)16-18-15(14-8-5-11-22-14)20-21(16)17(19-13)9-3-4-10-17/h1-2,5-8,11,19H,3-4,9-10H2. The molecule has 5 rings (SSSR count). The van der Waals surface area contributed by atoms with Crippen molar-refractivity contribution in [1.29, 1.82) is 0 Å². The first-order chi connectivity index (χ1) is 10.9. The molecule has 1 N–H and O–H groups in total. The summed E-state index contributed by atoms with van der Waals surface area (Å²) >= 11 is 1.69. The molecule has 3 heterocycles. The maximum Gasteiger partial charge on any atom is 0.191 e. The normalized spacial score (nSPS) is 18.0. The van der Waals surface area contributed by atoms with Gasteiger partial charge in [0.25, 0.3) is 0 Å². The van der Waals surface area contributed by atoms with Gasteiger partial charge < -0.3 is 5.32 Å². The van der Waals surface area contributed by atoms with E-state index in [9.17, 15) is 0 Å². The van der Waals surface area contributed by atoms with Crippen LogP contribution in [0.4, 0.5) is 5.69 Å². The van der Waals surface area contributed by atoms with Crippen LogP contribution in [0.25, 0.3) is 22.1 Å². The molecule has 1 aromatic carbocycles. The zero-order valence-corrected chi connectivity index (χ0v) is 12.9. The number of hydrogen-bond acceptors (Lipinski definition) is 4. The fourth-order valence-corrected chi connectivity index (χ4v) is 4.34. The first kappa shape index (κ1) is 12.4. The Labute approximate surface area is 132 Å². The van der Waals surface area contributed by atoms with Gasteiger partial charge in [-0.25, -0.2) is 9.67 Å². The largest absolute Gasteiger partial charge is 0.361 e. The third kappa shape index (κ3) is 1.63. The molecule has 0 unspecified atom stereocenters. The quantitative estimate of drug-likeness (QED) is 0.728. The van der Waals surface area contributed by atoms with Gasteiger partial charge in [0.1, 0.15) is 5.66 Å². The highest BCUT2D eigenvalue weighted by molar-refractivity contribution is 7.13. The summed E-state index contributed by atoms with van der Waals surface area (Å²) in [5.41, 5.74) is 2.24.